The second kappa shape index (κ2) is 8.19. The second-order valence-corrected chi connectivity index (χ2v) is 7.13. The van der Waals surface area contributed by atoms with E-state index >= 15 is 0 Å². The van der Waals surface area contributed by atoms with Gasteiger partial charge >= 0.3 is 6.03 Å². The maximum atomic E-state index is 12.1. The summed E-state index contributed by atoms with van der Waals surface area (Å²) >= 11 is 1.84. The van der Waals surface area contributed by atoms with Crippen LogP contribution in [0.3, 0.4) is 0 Å². The van der Waals surface area contributed by atoms with Crippen LogP contribution in [0.2, 0.25) is 0 Å². The van der Waals surface area contributed by atoms with Crippen molar-refractivity contribution < 1.29 is 4.79 Å². The first kappa shape index (κ1) is 16.8. The van der Waals surface area contributed by atoms with Gasteiger partial charge in [-0.05, 0) is 30.2 Å². The minimum absolute atomic E-state index is 0.0809. The van der Waals surface area contributed by atoms with Gasteiger partial charge in [0.1, 0.15) is 12.7 Å². The number of thioether (sulfide) groups is 1. The molecule has 2 aromatic rings. The van der Waals surface area contributed by atoms with Crippen LogP contribution in [0.1, 0.15) is 30.4 Å². The summed E-state index contributed by atoms with van der Waals surface area (Å²) in [7, 11) is 0. The van der Waals surface area contributed by atoms with E-state index in [0.29, 0.717) is 24.4 Å². The van der Waals surface area contributed by atoms with Crippen LogP contribution in [0.4, 0.5) is 4.79 Å². The molecule has 2 amide bonds. The lowest BCUT2D eigenvalue weighted by molar-refractivity contribution is 0.237. The highest BCUT2D eigenvalue weighted by Gasteiger charge is 2.27. The number of aromatic nitrogens is 3. The predicted octanol–water partition coefficient (Wildman–Crippen LogP) is 2.41. The molecule has 1 heterocycles. The largest absolute Gasteiger partial charge is 0.334 e. The number of urea groups is 1. The molecule has 1 aromatic heterocycles. The summed E-state index contributed by atoms with van der Waals surface area (Å²) in [6.45, 7) is 1.20. The van der Waals surface area contributed by atoms with Gasteiger partial charge in [0.25, 0.3) is 0 Å². The number of benzene rings is 1. The zero-order chi connectivity index (χ0) is 16.8. The standard InChI is InChI=1S/C17H23N5OS/c1-24-16-7-3-6-15(16)21-17(23)19-9-13-4-2-5-14(8-13)10-22-12-18-11-20-22/h2,4-5,8,11-12,15-16H,3,6-7,9-10H2,1H3,(H2,19,21,23)/t15-,16+/m0/s1. The summed E-state index contributed by atoms with van der Waals surface area (Å²) < 4.78 is 1.78. The van der Waals surface area contributed by atoms with Crippen molar-refractivity contribution in [3.05, 3.63) is 48.0 Å². The van der Waals surface area contributed by atoms with Gasteiger partial charge in [0, 0.05) is 17.8 Å². The second-order valence-electron chi connectivity index (χ2n) is 6.05. The number of hydrogen-bond donors (Lipinski definition) is 2. The van der Waals surface area contributed by atoms with Crippen LogP contribution in [-0.4, -0.2) is 38.3 Å². The molecular formula is C17H23N5OS. The van der Waals surface area contributed by atoms with Crippen LogP contribution < -0.4 is 10.6 Å². The molecule has 3 rings (SSSR count). The van der Waals surface area contributed by atoms with E-state index < -0.39 is 0 Å². The van der Waals surface area contributed by atoms with Crippen LogP contribution >= 0.6 is 11.8 Å². The lowest BCUT2D eigenvalue weighted by atomic mass is 10.1. The van der Waals surface area contributed by atoms with Crippen molar-refractivity contribution in [3.63, 3.8) is 0 Å². The molecule has 1 aromatic carbocycles. The molecule has 128 valence electrons. The first-order valence-corrected chi connectivity index (χ1v) is 9.51. The smallest absolute Gasteiger partial charge is 0.315 e. The number of carbonyl (C=O) groups excluding carboxylic acids is 1. The molecule has 6 nitrogen and oxygen atoms in total. The van der Waals surface area contributed by atoms with Crippen LogP contribution in [0.25, 0.3) is 0 Å². The van der Waals surface area contributed by atoms with E-state index in [-0.39, 0.29) is 6.03 Å². The average Bonchev–Trinajstić information content (AvgIpc) is 3.25. The maximum Gasteiger partial charge on any atom is 0.315 e. The Morgan fingerprint density at radius 2 is 2.25 bits per heavy atom. The van der Waals surface area contributed by atoms with Gasteiger partial charge in [0.2, 0.25) is 0 Å². The predicted molar refractivity (Wildman–Crippen MR) is 95.9 cm³/mol. The number of rotatable bonds is 6. The molecule has 0 aliphatic heterocycles. The van der Waals surface area contributed by atoms with Gasteiger partial charge in [0.15, 0.2) is 0 Å². The van der Waals surface area contributed by atoms with Crippen molar-refractivity contribution in [1.82, 2.24) is 25.4 Å². The average molecular weight is 345 g/mol. The topological polar surface area (TPSA) is 71.8 Å². The van der Waals surface area contributed by atoms with Gasteiger partial charge in [-0.15, -0.1) is 0 Å². The number of nitrogens with zero attached hydrogens (tertiary/aromatic N) is 3. The van der Waals surface area contributed by atoms with E-state index in [1.54, 1.807) is 11.0 Å². The first-order valence-electron chi connectivity index (χ1n) is 8.22. The zero-order valence-electron chi connectivity index (χ0n) is 13.8. The minimum atomic E-state index is -0.0809. The molecule has 0 unspecified atom stereocenters. The summed E-state index contributed by atoms with van der Waals surface area (Å²) in [6.07, 6.45) is 8.80. The van der Waals surface area contributed by atoms with Crippen molar-refractivity contribution in [3.8, 4) is 0 Å². The zero-order valence-corrected chi connectivity index (χ0v) is 14.6. The molecule has 0 saturated heterocycles. The molecule has 0 radical (unpaired) electrons. The lowest BCUT2D eigenvalue weighted by Crippen LogP contribution is -2.44. The van der Waals surface area contributed by atoms with Gasteiger partial charge in [0.05, 0.1) is 6.54 Å². The SMILES string of the molecule is CS[C@@H]1CCC[C@@H]1NC(=O)NCc1cccc(Cn2cncn2)c1. The summed E-state index contributed by atoms with van der Waals surface area (Å²) in [6, 6.07) is 8.36. The Morgan fingerprint density at radius 1 is 1.38 bits per heavy atom. The highest BCUT2D eigenvalue weighted by atomic mass is 32.2. The third-order valence-corrected chi connectivity index (χ3v) is 5.50. The maximum absolute atomic E-state index is 12.1. The molecule has 2 N–H and O–H groups in total. The molecule has 0 spiro atoms. The number of carbonyl (C=O) groups is 1. The molecular weight excluding hydrogens is 322 g/mol. The Hall–Kier alpha value is -2.02. The van der Waals surface area contributed by atoms with Gasteiger partial charge in [-0.25, -0.2) is 14.5 Å². The van der Waals surface area contributed by atoms with Crippen molar-refractivity contribution in [2.75, 3.05) is 6.26 Å². The Balaban J connectivity index is 1.50. The summed E-state index contributed by atoms with van der Waals surface area (Å²) in [5, 5.41) is 10.7. The summed E-state index contributed by atoms with van der Waals surface area (Å²) in [5.74, 6) is 0. The Bertz CT molecular complexity index is 661. The quantitative estimate of drug-likeness (QED) is 0.843. The van der Waals surface area contributed by atoms with Crippen LogP contribution in [-0.2, 0) is 13.1 Å². The molecule has 1 aliphatic rings. The number of amides is 2. The highest BCUT2D eigenvalue weighted by Crippen LogP contribution is 2.28. The fourth-order valence-corrected chi connectivity index (χ4v) is 4.05. The monoisotopic (exact) mass is 345 g/mol. The molecule has 1 aliphatic carbocycles. The van der Waals surface area contributed by atoms with E-state index in [2.05, 4.69) is 33.0 Å². The third kappa shape index (κ3) is 4.50. The van der Waals surface area contributed by atoms with Gasteiger partial charge in [-0.1, -0.05) is 30.7 Å². The molecule has 2 atom stereocenters. The third-order valence-electron chi connectivity index (χ3n) is 4.33. The van der Waals surface area contributed by atoms with E-state index in [4.69, 9.17) is 0 Å². The Labute approximate surface area is 146 Å². The molecule has 1 saturated carbocycles. The lowest BCUT2D eigenvalue weighted by Gasteiger charge is -2.19. The molecule has 0 bridgehead atoms. The first-order chi connectivity index (χ1) is 11.7. The Kier molecular flexibility index (Phi) is 5.74. The van der Waals surface area contributed by atoms with Crippen LogP contribution in [0.15, 0.2) is 36.9 Å². The summed E-state index contributed by atoms with van der Waals surface area (Å²) in [5.41, 5.74) is 2.22. The molecule has 1 fully saturated rings. The fraction of sp³-hybridized carbons (Fsp3) is 0.471. The summed E-state index contributed by atoms with van der Waals surface area (Å²) in [4.78, 5) is 16.1. The molecule has 7 heteroatoms. The Morgan fingerprint density at radius 3 is 3.04 bits per heavy atom. The van der Waals surface area contributed by atoms with Crippen LogP contribution in [0, 0.1) is 0 Å². The van der Waals surface area contributed by atoms with E-state index in [1.165, 1.54) is 19.2 Å². The van der Waals surface area contributed by atoms with E-state index in [1.807, 2.05) is 30.0 Å². The van der Waals surface area contributed by atoms with Crippen LogP contribution in [0.5, 0.6) is 0 Å². The van der Waals surface area contributed by atoms with Gasteiger partial charge < -0.3 is 10.6 Å². The van der Waals surface area contributed by atoms with E-state index in [0.717, 1.165) is 17.5 Å². The van der Waals surface area contributed by atoms with Gasteiger partial charge in [-0.3, -0.25) is 0 Å². The minimum Gasteiger partial charge on any atom is -0.334 e. The highest BCUT2D eigenvalue weighted by molar-refractivity contribution is 7.99. The normalized spacial score (nSPS) is 20.0. The van der Waals surface area contributed by atoms with Crippen molar-refractivity contribution in [2.24, 2.45) is 0 Å². The molecule has 24 heavy (non-hydrogen) atoms. The fourth-order valence-electron chi connectivity index (χ4n) is 3.11. The van der Waals surface area contributed by atoms with Crippen molar-refractivity contribution in [2.45, 2.75) is 43.6 Å². The van der Waals surface area contributed by atoms with Crippen molar-refractivity contribution >= 4 is 17.8 Å². The number of hydrogen-bond acceptors (Lipinski definition) is 4. The van der Waals surface area contributed by atoms with Gasteiger partial charge in [-0.2, -0.15) is 16.9 Å². The van der Waals surface area contributed by atoms with E-state index in [9.17, 15) is 4.79 Å². The number of nitrogens with one attached hydrogen (secondary N) is 2. The van der Waals surface area contributed by atoms with Crippen molar-refractivity contribution in [1.29, 1.82) is 0 Å².